The predicted octanol–water partition coefficient (Wildman–Crippen LogP) is 3.19. The minimum Gasteiger partial charge on any atom is -0.292 e. The molecule has 2 atom stereocenters. The topological polar surface area (TPSA) is 15.6 Å². The molecule has 14 heavy (non-hydrogen) atoms. The average Bonchev–Trinajstić information content (AvgIpc) is 2.58. The van der Waals surface area contributed by atoms with Crippen molar-refractivity contribution in [1.29, 1.82) is 0 Å². The van der Waals surface area contributed by atoms with Gasteiger partial charge in [0.1, 0.15) is 0 Å². The molecule has 0 saturated heterocycles. The Hall–Kier alpha value is -0.470. The van der Waals surface area contributed by atoms with E-state index in [2.05, 4.69) is 5.10 Å². The predicted molar refractivity (Wildman–Crippen MR) is 62.8 cm³/mol. The van der Waals surface area contributed by atoms with Gasteiger partial charge in [0.15, 0.2) is 0 Å². The lowest BCUT2D eigenvalue weighted by atomic mass is 9.97. The van der Waals surface area contributed by atoms with Crippen LogP contribution in [0.25, 0.3) is 0 Å². The zero-order valence-corrected chi connectivity index (χ0v) is 10.0. The lowest BCUT2D eigenvalue weighted by Crippen LogP contribution is -2.29. The summed E-state index contributed by atoms with van der Waals surface area (Å²) in [5.41, 5.74) is 0. The highest BCUT2D eigenvalue weighted by atomic mass is 35.5. The summed E-state index contributed by atoms with van der Waals surface area (Å²) >= 11 is 11.9. The van der Waals surface area contributed by atoms with Crippen molar-refractivity contribution in [3.05, 3.63) is 22.2 Å². The van der Waals surface area contributed by atoms with Gasteiger partial charge in [0.25, 0.3) is 0 Å². The van der Waals surface area contributed by atoms with E-state index in [1.807, 2.05) is 44.3 Å². The van der Waals surface area contributed by atoms with Crippen LogP contribution in [0.2, 0.25) is 0 Å². The number of hydrogen-bond acceptors (Lipinski definition) is 2. The number of nitrogens with zero attached hydrogens (tertiary/aromatic N) is 2. The fourth-order valence-corrected chi connectivity index (χ4v) is 1.90. The molecular formula is C10H14Cl2N2. The molecule has 0 amide bonds. The molecule has 4 heteroatoms. The van der Waals surface area contributed by atoms with Crippen LogP contribution in [0.1, 0.15) is 13.8 Å². The first-order chi connectivity index (χ1) is 6.70. The van der Waals surface area contributed by atoms with E-state index in [1.54, 1.807) is 0 Å². The van der Waals surface area contributed by atoms with Crippen LogP contribution in [0.15, 0.2) is 27.3 Å². The molecule has 0 bridgehead atoms. The molecule has 0 N–H and O–H groups in total. The summed E-state index contributed by atoms with van der Waals surface area (Å²) in [5, 5.41) is 7.34. The van der Waals surface area contributed by atoms with Gasteiger partial charge in [-0.05, 0) is 6.08 Å². The van der Waals surface area contributed by atoms with E-state index >= 15 is 0 Å². The maximum Gasteiger partial charge on any atom is 0.0779 e. The van der Waals surface area contributed by atoms with Gasteiger partial charge in [-0.3, -0.25) is 5.01 Å². The minimum absolute atomic E-state index is 0.147. The first-order valence-corrected chi connectivity index (χ1v) is 5.46. The van der Waals surface area contributed by atoms with Crippen LogP contribution in [0, 0.1) is 5.92 Å². The molecule has 1 heterocycles. The van der Waals surface area contributed by atoms with Crippen molar-refractivity contribution >= 4 is 29.4 Å². The second kappa shape index (κ2) is 4.85. The molecule has 0 saturated carbocycles. The van der Waals surface area contributed by atoms with Crippen LogP contribution in [-0.4, -0.2) is 24.3 Å². The number of rotatable bonds is 0. The Kier molecular flexibility index (Phi) is 4.02. The molecule has 0 radical (unpaired) electrons. The molecule has 1 aliphatic carbocycles. The van der Waals surface area contributed by atoms with Crippen molar-refractivity contribution in [3.8, 4) is 0 Å². The van der Waals surface area contributed by atoms with Gasteiger partial charge in [-0.2, -0.15) is 5.10 Å². The number of hydrogen-bond donors (Lipinski definition) is 0. The van der Waals surface area contributed by atoms with Crippen molar-refractivity contribution in [2.24, 2.45) is 11.0 Å². The Morgan fingerprint density at radius 1 is 1.36 bits per heavy atom. The van der Waals surface area contributed by atoms with Gasteiger partial charge in [0.05, 0.1) is 17.0 Å². The fourth-order valence-electron chi connectivity index (χ4n) is 1.46. The van der Waals surface area contributed by atoms with E-state index in [1.165, 1.54) is 0 Å². The SMILES string of the molecule is CC.CN1N=CC2C(Cl)=C(Cl)C=CC21. The third kappa shape index (κ3) is 1.96. The van der Waals surface area contributed by atoms with Crippen molar-refractivity contribution in [3.63, 3.8) is 0 Å². The van der Waals surface area contributed by atoms with E-state index in [4.69, 9.17) is 23.2 Å². The van der Waals surface area contributed by atoms with Crippen LogP contribution in [0.3, 0.4) is 0 Å². The Labute approximate surface area is 94.9 Å². The molecule has 2 aliphatic rings. The Balaban J connectivity index is 0.000000461. The number of allylic oxidation sites excluding steroid dienone is 2. The van der Waals surface area contributed by atoms with E-state index in [-0.39, 0.29) is 12.0 Å². The smallest absolute Gasteiger partial charge is 0.0779 e. The Morgan fingerprint density at radius 2 is 2.00 bits per heavy atom. The molecule has 0 aromatic heterocycles. The van der Waals surface area contributed by atoms with Crippen LogP contribution in [0.5, 0.6) is 0 Å². The summed E-state index contributed by atoms with van der Waals surface area (Å²) in [6.07, 6.45) is 5.68. The summed E-state index contributed by atoms with van der Waals surface area (Å²) in [6, 6.07) is 0.250. The maximum absolute atomic E-state index is 6.01. The fraction of sp³-hybridized carbons (Fsp3) is 0.500. The van der Waals surface area contributed by atoms with Gasteiger partial charge in [0.2, 0.25) is 0 Å². The summed E-state index contributed by atoms with van der Waals surface area (Å²) < 4.78 is 0. The molecule has 1 aliphatic heterocycles. The van der Waals surface area contributed by atoms with Gasteiger partial charge in [-0.15, -0.1) is 0 Å². The molecule has 0 spiro atoms. The van der Waals surface area contributed by atoms with Crippen LogP contribution >= 0.6 is 23.2 Å². The molecule has 0 fully saturated rings. The quantitative estimate of drug-likeness (QED) is 0.627. The van der Waals surface area contributed by atoms with Crippen molar-refractivity contribution in [2.45, 2.75) is 19.9 Å². The van der Waals surface area contributed by atoms with Crippen LogP contribution < -0.4 is 0 Å². The summed E-state index contributed by atoms with van der Waals surface area (Å²) in [7, 11) is 1.93. The number of halogens is 2. The summed E-state index contributed by atoms with van der Waals surface area (Å²) in [6.45, 7) is 4.00. The maximum atomic E-state index is 6.01. The zero-order valence-electron chi connectivity index (χ0n) is 8.54. The summed E-state index contributed by atoms with van der Waals surface area (Å²) in [5.74, 6) is 0.147. The van der Waals surface area contributed by atoms with E-state index in [0.29, 0.717) is 10.1 Å². The first kappa shape index (κ1) is 11.6. The van der Waals surface area contributed by atoms with Gasteiger partial charge < -0.3 is 0 Å². The number of fused-ring (bicyclic) bond motifs is 1. The zero-order chi connectivity index (χ0) is 10.7. The van der Waals surface area contributed by atoms with Gasteiger partial charge in [0, 0.05) is 18.3 Å². The summed E-state index contributed by atoms with van der Waals surface area (Å²) in [4.78, 5) is 0. The molecule has 2 unspecified atom stereocenters. The average molecular weight is 233 g/mol. The third-order valence-electron chi connectivity index (χ3n) is 2.17. The van der Waals surface area contributed by atoms with Crippen molar-refractivity contribution in [1.82, 2.24) is 5.01 Å². The van der Waals surface area contributed by atoms with Gasteiger partial charge in [-0.1, -0.05) is 43.1 Å². The third-order valence-corrected chi connectivity index (χ3v) is 3.05. The molecular weight excluding hydrogens is 219 g/mol. The lowest BCUT2D eigenvalue weighted by Gasteiger charge is -2.23. The van der Waals surface area contributed by atoms with Crippen molar-refractivity contribution < 1.29 is 0 Å². The van der Waals surface area contributed by atoms with Gasteiger partial charge in [-0.25, -0.2) is 0 Å². The number of hydrazone groups is 1. The van der Waals surface area contributed by atoms with Crippen LogP contribution in [0.4, 0.5) is 0 Å². The highest BCUT2D eigenvalue weighted by Gasteiger charge is 2.32. The monoisotopic (exact) mass is 232 g/mol. The Bertz CT molecular complexity index is 294. The second-order valence-corrected chi connectivity index (χ2v) is 3.72. The lowest BCUT2D eigenvalue weighted by molar-refractivity contribution is 0.305. The van der Waals surface area contributed by atoms with E-state index in [9.17, 15) is 0 Å². The van der Waals surface area contributed by atoms with Crippen molar-refractivity contribution in [2.75, 3.05) is 7.05 Å². The second-order valence-electron chi connectivity index (χ2n) is 2.91. The molecule has 78 valence electrons. The highest BCUT2D eigenvalue weighted by Crippen LogP contribution is 2.34. The normalized spacial score (nSPS) is 28.8. The molecule has 2 nitrogen and oxygen atoms in total. The first-order valence-electron chi connectivity index (χ1n) is 4.70. The highest BCUT2D eigenvalue weighted by molar-refractivity contribution is 6.41. The number of likely N-dealkylation sites (N-methyl/N-ethyl adjacent to an activating group) is 1. The molecule has 2 rings (SSSR count). The minimum atomic E-state index is 0.147. The standard InChI is InChI=1S/C8H8Cl2N2.C2H6/c1-12-7-3-2-6(9)8(10)5(7)4-11-12;1-2/h2-5,7H,1H3;1-2H3. The van der Waals surface area contributed by atoms with E-state index in [0.717, 1.165) is 0 Å². The largest absolute Gasteiger partial charge is 0.292 e. The van der Waals surface area contributed by atoms with Gasteiger partial charge >= 0.3 is 0 Å². The van der Waals surface area contributed by atoms with Crippen LogP contribution in [-0.2, 0) is 0 Å². The molecule has 0 aromatic rings. The van der Waals surface area contributed by atoms with E-state index < -0.39 is 0 Å². The molecule has 0 aromatic carbocycles. The Morgan fingerprint density at radius 3 is 2.64 bits per heavy atom.